The average molecular weight is 689 g/mol. The Bertz CT molecular complexity index is 1190. The Kier molecular flexibility index (Phi) is 12.4. The van der Waals surface area contributed by atoms with Crippen LogP contribution in [0.2, 0.25) is 0 Å². The number of aliphatic hydroxyl groups excluding tert-OH is 6. The summed E-state index contributed by atoms with van der Waals surface area (Å²) in [5, 5.41) is 72.3. The Morgan fingerprint density at radius 3 is 1.73 bits per heavy atom. The summed E-state index contributed by atoms with van der Waals surface area (Å²) in [6, 6.07) is -3.51. The van der Waals surface area contributed by atoms with Gasteiger partial charge in [-0.2, -0.15) is 26.3 Å². The molecule has 0 aliphatic carbocycles. The van der Waals surface area contributed by atoms with Gasteiger partial charge in [0, 0.05) is 7.11 Å². The molecule has 0 amide bonds. The van der Waals surface area contributed by atoms with E-state index >= 15 is 0 Å². The number of rotatable bonds is 12. The summed E-state index contributed by atoms with van der Waals surface area (Å²) >= 11 is 0. The minimum absolute atomic E-state index is 0.831. The second kappa shape index (κ2) is 14.7. The maximum absolute atomic E-state index is 12.2. The van der Waals surface area contributed by atoms with Crippen molar-refractivity contribution in [3.05, 3.63) is 0 Å². The summed E-state index contributed by atoms with van der Waals surface area (Å²) in [6.45, 7) is -0.391. The molecular formula is C20H36N2O20S2. The lowest BCUT2D eigenvalue weighted by molar-refractivity contribution is -0.356. The number of aliphatic hydroxyl groups is 6. The van der Waals surface area contributed by atoms with Crippen molar-refractivity contribution in [2.45, 2.75) is 98.7 Å². The van der Waals surface area contributed by atoms with Gasteiger partial charge in [0.2, 0.25) is 0 Å². The molecule has 0 aromatic carbocycles. The Labute approximate surface area is 250 Å². The van der Waals surface area contributed by atoms with Gasteiger partial charge < -0.3 is 64.2 Å². The van der Waals surface area contributed by atoms with Crippen molar-refractivity contribution in [1.29, 1.82) is 0 Å². The van der Waals surface area contributed by atoms with Crippen LogP contribution in [0.25, 0.3) is 0 Å². The van der Waals surface area contributed by atoms with Crippen LogP contribution < -0.4 is 9.44 Å². The number of carboxylic acid groups (broad SMARTS) is 1. The standard InChI is InChI=1S/C20H36N2O20S2/c1-5-8(21-43(31,32)33)10(25)15(7(4-24)38-5)40-20-13(28)12(27)16(17(42-20)18(29)30)41-19-9(22-44(34,35)36)11(26)14(37-2)6(3-23)39-19/h5-17,19-28H,3-4H2,1-2H3,(H,29,30)(H,31,32,33)(H,34,35,36)/t5-,6?,7?,8+,9-,10?,11?,12?,13?,14+,15+,16-,17+,19+,20+/m0/s1. The molecule has 11 N–H and O–H groups in total. The zero-order chi connectivity index (χ0) is 33.3. The highest BCUT2D eigenvalue weighted by atomic mass is 32.2. The number of methoxy groups -OCH3 is 1. The second-order valence-corrected chi connectivity index (χ2v) is 12.5. The van der Waals surface area contributed by atoms with E-state index in [1.54, 1.807) is 9.44 Å². The molecule has 3 aliphatic heterocycles. The molecule has 15 atom stereocenters. The summed E-state index contributed by atoms with van der Waals surface area (Å²) in [5.74, 6) is -1.85. The number of hydrogen-bond acceptors (Lipinski definition) is 17. The first kappa shape index (κ1) is 37.2. The molecule has 0 aromatic heterocycles. The smallest absolute Gasteiger partial charge is 0.335 e. The van der Waals surface area contributed by atoms with Crippen molar-refractivity contribution in [3.8, 4) is 0 Å². The average Bonchev–Trinajstić information content (AvgIpc) is 2.91. The van der Waals surface area contributed by atoms with Gasteiger partial charge in [0.25, 0.3) is 0 Å². The quantitative estimate of drug-likeness (QED) is 0.0848. The lowest BCUT2D eigenvalue weighted by atomic mass is 9.93. The van der Waals surface area contributed by atoms with Crippen molar-refractivity contribution >= 4 is 26.6 Å². The third kappa shape index (κ3) is 8.55. The molecule has 0 bridgehead atoms. The summed E-state index contributed by atoms with van der Waals surface area (Å²) in [4.78, 5) is 12.2. The van der Waals surface area contributed by atoms with E-state index in [0.717, 1.165) is 7.11 Å². The Morgan fingerprint density at radius 2 is 1.23 bits per heavy atom. The summed E-state index contributed by atoms with van der Waals surface area (Å²) in [5.41, 5.74) is 0. The van der Waals surface area contributed by atoms with Crippen LogP contribution in [-0.4, -0.2) is 180 Å². The normalized spacial score (nSPS) is 43.9. The van der Waals surface area contributed by atoms with Crippen LogP contribution in [-0.2, 0) is 53.8 Å². The lowest BCUT2D eigenvalue weighted by Crippen LogP contribution is -2.69. The third-order valence-electron chi connectivity index (χ3n) is 7.21. The molecule has 3 heterocycles. The number of carboxylic acids is 1. The van der Waals surface area contributed by atoms with Gasteiger partial charge in [-0.1, -0.05) is 0 Å². The van der Waals surface area contributed by atoms with Gasteiger partial charge in [-0.25, -0.2) is 4.79 Å². The zero-order valence-electron chi connectivity index (χ0n) is 22.9. The van der Waals surface area contributed by atoms with E-state index in [0.29, 0.717) is 0 Å². The van der Waals surface area contributed by atoms with Crippen LogP contribution in [0.5, 0.6) is 0 Å². The van der Waals surface area contributed by atoms with Crippen LogP contribution in [0.15, 0.2) is 0 Å². The fourth-order valence-electron chi connectivity index (χ4n) is 5.17. The monoisotopic (exact) mass is 688 g/mol. The number of nitrogens with one attached hydrogen (secondary N) is 2. The molecule has 0 saturated carbocycles. The zero-order valence-corrected chi connectivity index (χ0v) is 24.5. The molecule has 0 aromatic rings. The predicted molar refractivity (Wildman–Crippen MR) is 135 cm³/mol. The lowest BCUT2D eigenvalue weighted by Gasteiger charge is -2.48. The molecule has 3 fully saturated rings. The Balaban J connectivity index is 1.87. The van der Waals surface area contributed by atoms with E-state index in [1.807, 2.05) is 0 Å². The largest absolute Gasteiger partial charge is 0.479 e. The molecule has 0 radical (unpaired) electrons. The van der Waals surface area contributed by atoms with Crippen LogP contribution >= 0.6 is 0 Å². The summed E-state index contributed by atoms with van der Waals surface area (Å²) in [7, 11) is -8.90. The molecule has 22 nitrogen and oxygen atoms in total. The number of ether oxygens (including phenoxy) is 6. The van der Waals surface area contributed by atoms with Crippen LogP contribution in [0.1, 0.15) is 6.92 Å². The fraction of sp³-hybridized carbons (Fsp3) is 0.950. The van der Waals surface area contributed by atoms with Gasteiger partial charge in [0.15, 0.2) is 18.7 Å². The topological polar surface area (TPSA) is 347 Å². The van der Waals surface area contributed by atoms with Crippen LogP contribution in [0, 0.1) is 0 Å². The minimum Gasteiger partial charge on any atom is -0.479 e. The van der Waals surface area contributed by atoms with E-state index in [-0.39, 0.29) is 0 Å². The van der Waals surface area contributed by atoms with E-state index in [9.17, 15) is 61.9 Å². The van der Waals surface area contributed by atoms with E-state index in [2.05, 4.69) is 0 Å². The van der Waals surface area contributed by atoms with Crippen molar-refractivity contribution in [2.24, 2.45) is 0 Å². The number of carbonyl (C=O) groups is 1. The van der Waals surface area contributed by atoms with Gasteiger partial charge in [-0.05, 0) is 6.92 Å². The molecule has 6 unspecified atom stereocenters. The number of aliphatic carboxylic acids is 1. The second-order valence-electron chi connectivity index (χ2n) is 10.2. The van der Waals surface area contributed by atoms with Gasteiger partial charge in [-0.3, -0.25) is 9.11 Å². The molecule has 24 heteroatoms. The van der Waals surface area contributed by atoms with Gasteiger partial charge >= 0.3 is 26.6 Å². The van der Waals surface area contributed by atoms with Crippen molar-refractivity contribution in [2.75, 3.05) is 20.3 Å². The highest BCUT2D eigenvalue weighted by molar-refractivity contribution is 7.84. The van der Waals surface area contributed by atoms with Gasteiger partial charge in [0.1, 0.15) is 61.0 Å². The third-order valence-corrected chi connectivity index (χ3v) is 8.35. The van der Waals surface area contributed by atoms with Gasteiger partial charge in [-0.15, -0.1) is 0 Å². The minimum atomic E-state index is -5.08. The van der Waals surface area contributed by atoms with Gasteiger partial charge in [0.05, 0.1) is 25.4 Å². The highest BCUT2D eigenvalue weighted by Crippen LogP contribution is 2.33. The molecule has 258 valence electrons. The molecular weight excluding hydrogens is 652 g/mol. The van der Waals surface area contributed by atoms with Crippen molar-refractivity contribution in [1.82, 2.24) is 9.44 Å². The SMILES string of the molecule is CO[C@@H]1C(CO)O[C@H](O[C@H]2C(O)C(O)[C@H](O[C@@H]3C(CO)O[C@@H](C)[C@@H](NS(=O)(=O)O)C3O)O[C@H]2C(=O)O)[C@@H](NS(=O)(=O)O)C1O. The number of hydrogen-bond donors (Lipinski definition) is 11. The maximum atomic E-state index is 12.2. The highest BCUT2D eigenvalue weighted by Gasteiger charge is 2.55. The Morgan fingerprint density at radius 1 is 0.727 bits per heavy atom. The van der Waals surface area contributed by atoms with Crippen molar-refractivity contribution in [3.63, 3.8) is 0 Å². The first-order valence-corrected chi connectivity index (χ1v) is 15.7. The molecule has 0 spiro atoms. The molecule has 3 saturated heterocycles. The van der Waals surface area contributed by atoms with E-state index < -0.39 is 132 Å². The first-order valence-electron chi connectivity index (χ1n) is 12.8. The van der Waals surface area contributed by atoms with Crippen LogP contribution in [0.4, 0.5) is 0 Å². The molecule has 44 heavy (non-hydrogen) atoms. The van der Waals surface area contributed by atoms with E-state index in [1.165, 1.54) is 6.92 Å². The summed E-state index contributed by atoms with van der Waals surface area (Å²) < 4.78 is 99.6. The maximum Gasteiger partial charge on any atom is 0.335 e. The predicted octanol–water partition coefficient (Wildman–Crippen LogP) is -6.96. The van der Waals surface area contributed by atoms with Crippen LogP contribution in [0.3, 0.4) is 0 Å². The Hall–Kier alpha value is -1.27. The van der Waals surface area contributed by atoms with Crippen molar-refractivity contribution < 1.29 is 94.9 Å². The molecule has 3 rings (SSSR count). The summed E-state index contributed by atoms with van der Waals surface area (Å²) in [6.07, 6.45) is -24.0. The molecule has 3 aliphatic rings. The first-order chi connectivity index (χ1) is 20.3. The fourth-order valence-corrected chi connectivity index (χ4v) is 6.44. The van der Waals surface area contributed by atoms with E-state index in [4.69, 9.17) is 33.0 Å².